The van der Waals surface area contributed by atoms with Gasteiger partial charge >= 0.3 is 0 Å². The largest absolute Gasteiger partial charge is 0.389 e. The van der Waals surface area contributed by atoms with Crippen molar-refractivity contribution in [3.05, 3.63) is 82.8 Å². The molecule has 1 aliphatic carbocycles. The first-order valence-corrected chi connectivity index (χ1v) is 11.9. The second kappa shape index (κ2) is 9.49. The fourth-order valence-electron chi connectivity index (χ4n) is 5.03. The molecule has 0 aliphatic heterocycles. The molecule has 176 valence electrons. The summed E-state index contributed by atoms with van der Waals surface area (Å²) in [7, 11) is 1.75. The number of nitrogens with one attached hydrogen (secondary N) is 3. The predicted octanol–water partition coefficient (Wildman–Crippen LogP) is 5.96. The summed E-state index contributed by atoms with van der Waals surface area (Å²) in [6, 6.07) is 14.6. The van der Waals surface area contributed by atoms with Gasteiger partial charge in [-0.25, -0.2) is 0 Å². The van der Waals surface area contributed by atoms with E-state index < -0.39 is 6.10 Å². The van der Waals surface area contributed by atoms with Gasteiger partial charge in [-0.1, -0.05) is 18.2 Å². The maximum Gasteiger partial charge on any atom is 0.0997 e. The molecule has 2 unspecified atom stereocenters. The van der Waals surface area contributed by atoms with Gasteiger partial charge in [0.25, 0.3) is 0 Å². The van der Waals surface area contributed by atoms with Gasteiger partial charge in [-0.3, -0.25) is 4.98 Å². The molecular weight excluding hydrogens is 424 g/mol. The van der Waals surface area contributed by atoms with E-state index in [1.54, 1.807) is 14.0 Å². The molecule has 2 atom stereocenters. The van der Waals surface area contributed by atoms with E-state index in [4.69, 9.17) is 4.74 Å². The number of hydrogen-bond donors (Lipinski definition) is 4. The van der Waals surface area contributed by atoms with E-state index in [0.717, 1.165) is 59.6 Å². The van der Waals surface area contributed by atoms with Crippen LogP contribution in [-0.2, 0) is 17.6 Å². The third-order valence-electron chi connectivity index (χ3n) is 6.83. The molecule has 0 fully saturated rings. The first-order chi connectivity index (χ1) is 16.5. The number of aliphatic hydroxyl groups excluding tert-OH is 1. The molecule has 4 N–H and O–H groups in total. The van der Waals surface area contributed by atoms with Crippen LogP contribution in [0.3, 0.4) is 0 Å². The number of hydrogen-bond acceptors (Lipinski definition) is 5. The van der Waals surface area contributed by atoms with E-state index in [2.05, 4.69) is 58.0 Å². The van der Waals surface area contributed by atoms with Gasteiger partial charge in [0.05, 0.1) is 23.4 Å². The molecule has 0 spiro atoms. The first-order valence-electron chi connectivity index (χ1n) is 11.9. The lowest BCUT2D eigenvalue weighted by Gasteiger charge is -2.15. The number of nitrogens with zero attached hydrogens (tertiary/aromatic N) is 1. The SMILES string of the molecule is COC1CCc2c(Nc3ccc(NCCc4c[nH]c5c(C(C)O)cccc45)c(C)c3)ccnc21. The van der Waals surface area contributed by atoms with Crippen LogP contribution >= 0.6 is 0 Å². The van der Waals surface area contributed by atoms with Crippen molar-refractivity contribution >= 4 is 28.0 Å². The Kier molecular flexibility index (Phi) is 6.26. The van der Waals surface area contributed by atoms with Crippen molar-refractivity contribution in [3.63, 3.8) is 0 Å². The number of pyridine rings is 1. The normalized spacial score (nSPS) is 15.9. The number of aliphatic hydroxyl groups is 1. The van der Waals surface area contributed by atoms with E-state index in [0.29, 0.717) is 0 Å². The highest BCUT2D eigenvalue weighted by Crippen LogP contribution is 2.37. The van der Waals surface area contributed by atoms with Crippen LogP contribution in [0, 0.1) is 6.92 Å². The molecule has 6 heteroatoms. The number of anilines is 3. The Hall–Kier alpha value is -3.35. The number of para-hydroxylation sites is 1. The van der Waals surface area contributed by atoms with Crippen LogP contribution < -0.4 is 10.6 Å². The molecule has 0 saturated carbocycles. The van der Waals surface area contributed by atoms with Crippen LogP contribution in [0.4, 0.5) is 17.1 Å². The minimum atomic E-state index is -0.488. The number of ether oxygens (including phenoxy) is 1. The number of fused-ring (bicyclic) bond motifs is 2. The van der Waals surface area contributed by atoms with E-state index >= 15 is 0 Å². The average Bonchev–Trinajstić information content (AvgIpc) is 3.45. The summed E-state index contributed by atoms with van der Waals surface area (Å²) >= 11 is 0. The van der Waals surface area contributed by atoms with Crippen LogP contribution in [0.25, 0.3) is 10.9 Å². The van der Waals surface area contributed by atoms with E-state index in [1.807, 2.05) is 24.4 Å². The number of aryl methyl sites for hydroxylation is 1. The van der Waals surface area contributed by atoms with Crippen LogP contribution in [0.15, 0.2) is 54.9 Å². The highest BCUT2D eigenvalue weighted by atomic mass is 16.5. The lowest BCUT2D eigenvalue weighted by Crippen LogP contribution is -2.06. The number of rotatable bonds is 8. The highest BCUT2D eigenvalue weighted by Gasteiger charge is 2.26. The summed E-state index contributed by atoms with van der Waals surface area (Å²) in [5.41, 5.74) is 10.0. The lowest BCUT2D eigenvalue weighted by atomic mass is 10.0. The quantitative estimate of drug-likeness (QED) is 0.263. The van der Waals surface area contributed by atoms with Crippen molar-refractivity contribution in [2.75, 3.05) is 24.3 Å². The molecule has 0 bridgehead atoms. The number of methoxy groups -OCH3 is 1. The van der Waals surface area contributed by atoms with Crippen molar-refractivity contribution in [3.8, 4) is 0 Å². The van der Waals surface area contributed by atoms with Gasteiger partial charge in [-0.15, -0.1) is 0 Å². The zero-order valence-electron chi connectivity index (χ0n) is 20.0. The Morgan fingerprint density at radius 3 is 2.88 bits per heavy atom. The fraction of sp³-hybridized carbons (Fsp3) is 0.321. The number of aromatic nitrogens is 2. The second-order valence-electron chi connectivity index (χ2n) is 9.08. The zero-order chi connectivity index (χ0) is 23.7. The van der Waals surface area contributed by atoms with Gasteiger partial charge < -0.3 is 25.5 Å². The van der Waals surface area contributed by atoms with E-state index in [-0.39, 0.29) is 6.10 Å². The molecule has 6 nitrogen and oxygen atoms in total. The van der Waals surface area contributed by atoms with E-state index in [1.165, 1.54) is 22.1 Å². The molecule has 1 aliphatic rings. The topological polar surface area (TPSA) is 82.2 Å². The second-order valence-corrected chi connectivity index (χ2v) is 9.08. The fourth-order valence-corrected chi connectivity index (χ4v) is 5.03. The zero-order valence-corrected chi connectivity index (χ0v) is 20.0. The molecule has 2 heterocycles. The summed E-state index contributed by atoms with van der Waals surface area (Å²) in [6.45, 7) is 4.76. The van der Waals surface area contributed by atoms with Crippen molar-refractivity contribution in [2.45, 2.75) is 45.3 Å². The van der Waals surface area contributed by atoms with Crippen molar-refractivity contribution in [2.24, 2.45) is 0 Å². The summed E-state index contributed by atoms with van der Waals surface area (Å²) < 4.78 is 5.57. The van der Waals surface area contributed by atoms with Crippen LogP contribution in [-0.4, -0.2) is 28.7 Å². The average molecular weight is 457 g/mol. The smallest absolute Gasteiger partial charge is 0.0997 e. The van der Waals surface area contributed by atoms with Crippen molar-refractivity contribution < 1.29 is 9.84 Å². The van der Waals surface area contributed by atoms with Crippen LogP contribution in [0.5, 0.6) is 0 Å². The summed E-state index contributed by atoms with van der Waals surface area (Å²) in [6.07, 6.45) is 6.38. The third-order valence-corrected chi connectivity index (χ3v) is 6.83. The molecule has 0 saturated heterocycles. The van der Waals surface area contributed by atoms with E-state index in [9.17, 15) is 5.11 Å². The molecule has 5 rings (SSSR count). The standard InChI is InChI=1S/C28H32N4O2/c1-17-15-20(32-25-12-14-30-28-23(25)8-10-26(28)34-3)7-9-24(17)29-13-11-19-16-31-27-21(18(2)33)5-4-6-22(19)27/h4-7,9,12,14-16,18,26,29,31,33H,8,10-11,13H2,1-3H3,(H,30,32). The maximum absolute atomic E-state index is 10.0. The molecule has 0 radical (unpaired) electrons. The molecule has 0 amide bonds. The summed E-state index contributed by atoms with van der Waals surface area (Å²) in [4.78, 5) is 7.89. The minimum Gasteiger partial charge on any atom is -0.389 e. The molecule has 2 aromatic carbocycles. The highest BCUT2D eigenvalue weighted by molar-refractivity contribution is 5.86. The first kappa shape index (κ1) is 22.4. The molecule has 4 aromatic rings. The summed E-state index contributed by atoms with van der Waals surface area (Å²) in [5.74, 6) is 0. The van der Waals surface area contributed by atoms with Crippen molar-refractivity contribution in [1.82, 2.24) is 9.97 Å². The van der Waals surface area contributed by atoms with Gasteiger partial charge in [-0.05, 0) is 74.1 Å². The Bertz CT molecular complexity index is 1310. The van der Waals surface area contributed by atoms with Gasteiger partial charge in [0.1, 0.15) is 0 Å². The monoisotopic (exact) mass is 456 g/mol. The number of H-pyrrole nitrogens is 1. The maximum atomic E-state index is 10.0. The van der Waals surface area contributed by atoms with Gasteiger partial charge in [0, 0.05) is 54.1 Å². The van der Waals surface area contributed by atoms with Crippen LogP contribution in [0.1, 0.15) is 53.5 Å². The number of benzene rings is 2. The minimum absolute atomic E-state index is 0.0980. The predicted molar refractivity (Wildman–Crippen MR) is 138 cm³/mol. The third kappa shape index (κ3) is 4.27. The Balaban J connectivity index is 1.25. The Morgan fingerprint density at radius 2 is 2.09 bits per heavy atom. The van der Waals surface area contributed by atoms with Crippen molar-refractivity contribution in [1.29, 1.82) is 0 Å². The molecular formula is C28H32N4O2. The summed E-state index contributed by atoms with van der Waals surface area (Å²) in [5, 5.41) is 18.4. The molecule has 34 heavy (non-hydrogen) atoms. The Labute approximate surface area is 200 Å². The van der Waals surface area contributed by atoms with Gasteiger partial charge in [0.15, 0.2) is 0 Å². The van der Waals surface area contributed by atoms with Gasteiger partial charge in [-0.2, -0.15) is 0 Å². The van der Waals surface area contributed by atoms with Crippen LogP contribution in [0.2, 0.25) is 0 Å². The lowest BCUT2D eigenvalue weighted by molar-refractivity contribution is 0.102. The number of aromatic amines is 1. The van der Waals surface area contributed by atoms with Gasteiger partial charge in [0.2, 0.25) is 0 Å². The Morgan fingerprint density at radius 1 is 1.21 bits per heavy atom. The molecule has 2 aromatic heterocycles.